The minimum absolute atomic E-state index is 0.0593. The summed E-state index contributed by atoms with van der Waals surface area (Å²) in [7, 11) is 0. The SMILES string of the molecule is Cc1nn(-c2ccc(Cl)cc2)c2[nH]c(=O)c(CNC3CCCCC3)cc12. The van der Waals surface area contributed by atoms with E-state index in [1.165, 1.54) is 32.1 Å². The van der Waals surface area contributed by atoms with Gasteiger partial charge in [-0.15, -0.1) is 0 Å². The number of aromatic amines is 1. The molecule has 4 rings (SSSR count). The summed E-state index contributed by atoms with van der Waals surface area (Å²) in [5.41, 5.74) is 3.19. The molecule has 0 atom stereocenters. The Bertz CT molecular complexity index is 968. The highest BCUT2D eigenvalue weighted by Gasteiger charge is 2.16. The van der Waals surface area contributed by atoms with E-state index in [2.05, 4.69) is 15.4 Å². The van der Waals surface area contributed by atoms with Crippen LogP contribution in [0.3, 0.4) is 0 Å². The molecule has 2 N–H and O–H groups in total. The van der Waals surface area contributed by atoms with Crippen LogP contribution in [0.25, 0.3) is 16.7 Å². The third-order valence-corrected chi connectivity index (χ3v) is 5.46. The second-order valence-corrected chi connectivity index (χ2v) is 7.51. The van der Waals surface area contributed by atoms with Crippen molar-refractivity contribution in [3.05, 3.63) is 57.0 Å². The summed E-state index contributed by atoms with van der Waals surface area (Å²) in [6.45, 7) is 2.56. The zero-order valence-electron chi connectivity index (χ0n) is 14.9. The first-order valence-electron chi connectivity index (χ1n) is 9.22. The number of rotatable bonds is 4. The number of hydrogen-bond donors (Lipinski definition) is 2. The Balaban J connectivity index is 1.65. The lowest BCUT2D eigenvalue weighted by Gasteiger charge is -2.22. The van der Waals surface area contributed by atoms with E-state index in [1.54, 1.807) is 4.68 Å². The molecule has 26 heavy (non-hydrogen) atoms. The van der Waals surface area contributed by atoms with Gasteiger partial charge in [-0.3, -0.25) is 4.79 Å². The number of aromatic nitrogens is 3. The van der Waals surface area contributed by atoms with Crippen molar-refractivity contribution >= 4 is 22.6 Å². The lowest BCUT2D eigenvalue weighted by molar-refractivity contribution is 0.372. The molecule has 5 nitrogen and oxygen atoms in total. The van der Waals surface area contributed by atoms with E-state index in [-0.39, 0.29) is 5.56 Å². The van der Waals surface area contributed by atoms with Crippen molar-refractivity contribution in [1.29, 1.82) is 0 Å². The van der Waals surface area contributed by atoms with Crippen LogP contribution < -0.4 is 10.9 Å². The number of nitrogens with zero attached hydrogens (tertiary/aromatic N) is 2. The Morgan fingerprint density at radius 2 is 1.96 bits per heavy atom. The molecule has 0 radical (unpaired) electrons. The predicted molar refractivity (Wildman–Crippen MR) is 105 cm³/mol. The topological polar surface area (TPSA) is 62.7 Å². The van der Waals surface area contributed by atoms with Gasteiger partial charge in [0.1, 0.15) is 5.65 Å². The monoisotopic (exact) mass is 370 g/mol. The largest absolute Gasteiger partial charge is 0.310 e. The number of fused-ring (bicyclic) bond motifs is 1. The van der Waals surface area contributed by atoms with Crippen molar-refractivity contribution in [2.24, 2.45) is 0 Å². The smallest absolute Gasteiger partial charge is 0.254 e. The van der Waals surface area contributed by atoms with E-state index in [1.807, 2.05) is 37.3 Å². The van der Waals surface area contributed by atoms with E-state index < -0.39 is 0 Å². The first-order chi connectivity index (χ1) is 12.6. The molecule has 1 aromatic carbocycles. The Kier molecular flexibility index (Phi) is 4.83. The maximum atomic E-state index is 12.6. The van der Waals surface area contributed by atoms with Crippen LogP contribution in [0.5, 0.6) is 0 Å². The van der Waals surface area contributed by atoms with Crippen LogP contribution in [-0.4, -0.2) is 20.8 Å². The van der Waals surface area contributed by atoms with Crippen molar-refractivity contribution in [1.82, 2.24) is 20.1 Å². The van der Waals surface area contributed by atoms with Crippen LogP contribution in [0.1, 0.15) is 43.4 Å². The average molecular weight is 371 g/mol. The third-order valence-electron chi connectivity index (χ3n) is 5.21. The summed E-state index contributed by atoms with van der Waals surface area (Å²) in [5.74, 6) is 0. The molecular formula is C20H23ClN4O. The normalized spacial score (nSPS) is 15.6. The quantitative estimate of drug-likeness (QED) is 0.726. The first kappa shape index (κ1) is 17.3. The molecule has 0 spiro atoms. The highest BCUT2D eigenvalue weighted by Crippen LogP contribution is 2.22. The molecule has 2 aromatic heterocycles. The molecule has 6 heteroatoms. The lowest BCUT2D eigenvalue weighted by Crippen LogP contribution is -2.32. The fourth-order valence-corrected chi connectivity index (χ4v) is 3.85. The van der Waals surface area contributed by atoms with Crippen LogP contribution >= 0.6 is 11.6 Å². The summed E-state index contributed by atoms with van der Waals surface area (Å²) in [6, 6.07) is 9.92. The maximum absolute atomic E-state index is 12.6. The van der Waals surface area contributed by atoms with Crippen LogP contribution in [0, 0.1) is 6.92 Å². The first-order valence-corrected chi connectivity index (χ1v) is 9.60. The number of benzene rings is 1. The number of aryl methyl sites for hydroxylation is 1. The van der Waals surface area contributed by atoms with E-state index in [4.69, 9.17) is 11.6 Å². The number of hydrogen-bond acceptors (Lipinski definition) is 3. The molecule has 0 saturated heterocycles. The van der Waals surface area contributed by atoms with Crippen LogP contribution in [0.15, 0.2) is 35.1 Å². The fourth-order valence-electron chi connectivity index (χ4n) is 3.72. The molecule has 1 aliphatic carbocycles. The van der Waals surface area contributed by atoms with Gasteiger partial charge < -0.3 is 10.3 Å². The van der Waals surface area contributed by atoms with Gasteiger partial charge >= 0.3 is 0 Å². The van der Waals surface area contributed by atoms with Gasteiger partial charge in [0.05, 0.1) is 11.4 Å². The highest BCUT2D eigenvalue weighted by atomic mass is 35.5. The van der Waals surface area contributed by atoms with Gasteiger partial charge in [0.25, 0.3) is 5.56 Å². The number of nitrogens with one attached hydrogen (secondary N) is 2. The molecule has 0 unspecified atom stereocenters. The lowest BCUT2D eigenvalue weighted by atomic mass is 9.95. The molecule has 1 saturated carbocycles. The van der Waals surface area contributed by atoms with Gasteiger partial charge in [0.15, 0.2) is 0 Å². The minimum atomic E-state index is -0.0593. The van der Waals surface area contributed by atoms with Gasteiger partial charge in [-0.25, -0.2) is 4.68 Å². The second-order valence-electron chi connectivity index (χ2n) is 7.08. The van der Waals surface area contributed by atoms with Gasteiger partial charge in [-0.2, -0.15) is 5.10 Å². The van der Waals surface area contributed by atoms with Crippen molar-refractivity contribution < 1.29 is 0 Å². The summed E-state index contributed by atoms with van der Waals surface area (Å²) >= 11 is 5.97. The van der Waals surface area contributed by atoms with Gasteiger partial charge in [-0.1, -0.05) is 30.9 Å². The van der Waals surface area contributed by atoms with Crippen molar-refractivity contribution in [3.63, 3.8) is 0 Å². The fraction of sp³-hybridized carbons (Fsp3) is 0.400. The van der Waals surface area contributed by atoms with Gasteiger partial charge in [0.2, 0.25) is 0 Å². The minimum Gasteiger partial charge on any atom is -0.310 e. The summed E-state index contributed by atoms with van der Waals surface area (Å²) in [5, 5.41) is 9.80. The molecule has 0 aliphatic heterocycles. The zero-order valence-corrected chi connectivity index (χ0v) is 15.6. The van der Waals surface area contributed by atoms with Gasteiger partial charge in [0, 0.05) is 28.6 Å². The zero-order chi connectivity index (χ0) is 18.1. The molecule has 1 aliphatic rings. The van der Waals surface area contributed by atoms with Crippen LogP contribution in [0.4, 0.5) is 0 Å². The van der Waals surface area contributed by atoms with Crippen molar-refractivity contribution in [3.8, 4) is 5.69 Å². The number of pyridine rings is 1. The molecule has 0 bridgehead atoms. The standard InChI is InChI=1S/C20H23ClN4O/c1-13-18-11-14(12-22-16-5-3-2-4-6-16)20(26)23-19(18)25(24-13)17-9-7-15(21)8-10-17/h7-11,16,22H,2-6,12H2,1H3,(H,23,26). The predicted octanol–water partition coefficient (Wildman–Crippen LogP) is 4.10. The van der Waals surface area contributed by atoms with E-state index in [0.717, 1.165) is 28.0 Å². The molecular weight excluding hydrogens is 348 g/mol. The maximum Gasteiger partial charge on any atom is 0.254 e. The summed E-state index contributed by atoms with van der Waals surface area (Å²) in [6.07, 6.45) is 6.29. The van der Waals surface area contributed by atoms with E-state index in [9.17, 15) is 4.79 Å². The van der Waals surface area contributed by atoms with E-state index in [0.29, 0.717) is 17.6 Å². The highest BCUT2D eigenvalue weighted by molar-refractivity contribution is 6.30. The molecule has 136 valence electrons. The van der Waals surface area contributed by atoms with Crippen molar-refractivity contribution in [2.75, 3.05) is 0 Å². The van der Waals surface area contributed by atoms with Crippen LogP contribution in [-0.2, 0) is 6.54 Å². The average Bonchev–Trinajstić information content (AvgIpc) is 2.97. The number of H-pyrrole nitrogens is 1. The Morgan fingerprint density at radius 3 is 2.69 bits per heavy atom. The van der Waals surface area contributed by atoms with Crippen LogP contribution in [0.2, 0.25) is 5.02 Å². The molecule has 3 aromatic rings. The van der Waals surface area contributed by atoms with E-state index >= 15 is 0 Å². The Labute approximate surface area is 157 Å². The third kappa shape index (κ3) is 3.41. The Hall–Kier alpha value is -2.11. The molecule has 1 fully saturated rings. The second kappa shape index (κ2) is 7.25. The number of halogens is 1. The Morgan fingerprint density at radius 1 is 1.23 bits per heavy atom. The van der Waals surface area contributed by atoms with Gasteiger partial charge in [-0.05, 0) is 50.1 Å². The summed E-state index contributed by atoms with van der Waals surface area (Å²) in [4.78, 5) is 15.6. The molecule has 2 heterocycles. The van der Waals surface area contributed by atoms with Crippen molar-refractivity contribution in [2.45, 2.75) is 51.6 Å². The molecule has 0 amide bonds. The summed E-state index contributed by atoms with van der Waals surface area (Å²) < 4.78 is 1.76.